The minimum absolute atomic E-state index is 0.250. The van der Waals surface area contributed by atoms with E-state index in [-0.39, 0.29) is 5.91 Å². The van der Waals surface area contributed by atoms with E-state index in [1.807, 2.05) is 4.90 Å². The Morgan fingerprint density at radius 1 is 1.23 bits per heavy atom. The Labute approximate surface area is 138 Å². The second kappa shape index (κ2) is 5.97. The average Bonchev–Trinajstić information content (AvgIpc) is 2.89. The Morgan fingerprint density at radius 2 is 1.91 bits per heavy atom. The second-order valence-corrected chi connectivity index (χ2v) is 9.10. The molecule has 1 atom stereocenters. The molecule has 0 spiro atoms. The van der Waals surface area contributed by atoms with Gasteiger partial charge >= 0.3 is 0 Å². The number of carbonyl (C=O) groups excluding carboxylic acids is 1. The summed E-state index contributed by atoms with van der Waals surface area (Å²) in [6, 6.07) is 2.19. The largest absolute Gasteiger partial charge is 0.335 e. The predicted octanol–water partition coefficient (Wildman–Crippen LogP) is 3.29. The van der Waals surface area contributed by atoms with Crippen LogP contribution in [-0.4, -0.2) is 48.9 Å². The highest BCUT2D eigenvalue weighted by Crippen LogP contribution is 2.40. The summed E-state index contributed by atoms with van der Waals surface area (Å²) in [6.07, 6.45) is 3.56. The zero-order valence-corrected chi connectivity index (χ0v) is 15.1. The van der Waals surface area contributed by atoms with E-state index in [1.54, 1.807) is 11.3 Å². The molecule has 2 aliphatic rings. The van der Waals surface area contributed by atoms with Crippen LogP contribution in [0.25, 0.3) is 0 Å². The first-order valence-electron chi connectivity index (χ1n) is 8.44. The summed E-state index contributed by atoms with van der Waals surface area (Å²) < 4.78 is 0. The molecule has 0 bridgehead atoms. The van der Waals surface area contributed by atoms with E-state index in [4.69, 9.17) is 0 Å². The highest BCUT2D eigenvalue weighted by molar-refractivity contribution is 7.14. The third-order valence-corrected chi connectivity index (χ3v) is 6.53. The molecule has 1 fully saturated rings. The van der Waals surface area contributed by atoms with Crippen LogP contribution in [0.2, 0.25) is 0 Å². The molecule has 3 nitrogen and oxygen atoms in total. The topological polar surface area (TPSA) is 23.6 Å². The molecule has 1 aliphatic heterocycles. The Kier molecular flexibility index (Phi) is 4.34. The Bertz CT molecular complexity index is 550. The van der Waals surface area contributed by atoms with Crippen LogP contribution in [0, 0.1) is 11.3 Å². The van der Waals surface area contributed by atoms with Crippen molar-refractivity contribution >= 4 is 17.2 Å². The van der Waals surface area contributed by atoms with Crippen LogP contribution in [0.3, 0.4) is 0 Å². The fourth-order valence-corrected chi connectivity index (χ4v) is 4.71. The standard InChI is InChI=1S/C18H28N2OS/c1-18(2,3)14-5-6-15-13(11-14)12-16(22-15)17(21)20-9-7-19(4)8-10-20/h12,14H,5-11H2,1-4H3. The molecule has 1 aliphatic carbocycles. The van der Waals surface area contributed by atoms with Gasteiger partial charge in [0.1, 0.15) is 0 Å². The van der Waals surface area contributed by atoms with Gasteiger partial charge in [-0.3, -0.25) is 4.79 Å². The van der Waals surface area contributed by atoms with Crippen LogP contribution in [0.5, 0.6) is 0 Å². The summed E-state index contributed by atoms with van der Waals surface area (Å²) in [7, 11) is 2.12. The summed E-state index contributed by atoms with van der Waals surface area (Å²) in [6.45, 7) is 10.7. The molecule has 1 saturated heterocycles. The Balaban J connectivity index is 1.72. The van der Waals surface area contributed by atoms with Crippen molar-refractivity contribution in [2.75, 3.05) is 33.2 Å². The quantitative estimate of drug-likeness (QED) is 0.793. The number of nitrogens with zero attached hydrogens (tertiary/aromatic N) is 2. The minimum Gasteiger partial charge on any atom is -0.335 e. The lowest BCUT2D eigenvalue weighted by atomic mass is 9.72. The van der Waals surface area contributed by atoms with E-state index >= 15 is 0 Å². The van der Waals surface area contributed by atoms with Gasteiger partial charge in [0.15, 0.2) is 0 Å². The van der Waals surface area contributed by atoms with Crippen molar-refractivity contribution < 1.29 is 4.79 Å². The van der Waals surface area contributed by atoms with E-state index in [0.29, 0.717) is 5.41 Å². The first-order chi connectivity index (χ1) is 10.3. The lowest BCUT2D eigenvalue weighted by Gasteiger charge is -2.33. The van der Waals surface area contributed by atoms with Gasteiger partial charge in [0.05, 0.1) is 4.88 Å². The van der Waals surface area contributed by atoms with E-state index in [1.165, 1.54) is 16.9 Å². The molecule has 1 aromatic rings. The maximum absolute atomic E-state index is 12.7. The maximum atomic E-state index is 12.7. The lowest BCUT2D eigenvalue weighted by Crippen LogP contribution is -2.46. The highest BCUT2D eigenvalue weighted by Gasteiger charge is 2.31. The number of amides is 1. The number of hydrogen-bond acceptors (Lipinski definition) is 3. The summed E-state index contributed by atoms with van der Waals surface area (Å²) in [4.78, 5) is 19.5. The lowest BCUT2D eigenvalue weighted by molar-refractivity contribution is 0.0669. The van der Waals surface area contributed by atoms with Crippen molar-refractivity contribution in [1.82, 2.24) is 9.80 Å². The molecule has 1 aromatic heterocycles. The van der Waals surface area contributed by atoms with Gasteiger partial charge in [-0.25, -0.2) is 0 Å². The second-order valence-electron chi connectivity index (χ2n) is 7.96. The molecule has 1 amide bonds. The molecule has 0 saturated carbocycles. The van der Waals surface area contributed by atoms with Crippen molar-refractivity contribution in [1.29, 1.82) is 0 Å². The molecular weight excluding hydrogens is 292 g/mol. The number of aryl methyl sites for hydroxylation is 1. The minimum atomic E-state index is 0.250. The Morgan fingerprint density at radius 3 is 2.55 bits per heavy atom. The third-order valence-electron chi connectivity index (χ3n) is 5.31. The fourth-order valence-electron chi connectivity index (χ4n) is 3.53. The smallest absolute Gasteiger partial charge is 0.264 e. The highest BCUT2D eigenvalue weighted by atomic mass is 32.1. The summed E-state index contributed by atoms with van der Waals surface area (Å²) >= 11 is 1.75. The van der Waals surface area contributed by atoms with Gasteiger partial charge in [0.25, 0.3) is 5.91 Å². The first-order valence-corrected chi connectivity index (χ1v) is 9.25. The van der Waals surface area contributed by atoms with Gasteiger partial charge in [-0.1, -0.05) is 20.8 Å². The number of piperazine rings is 1. The van der Waals surface area contributed by atoms with Gasteiger partial charge < -0.3 is 9.80 Å². The van der Waals surface area contributed by atoms with Crippen molar-refractivity contribution in [2.24, 2.45) is 11.3 Å². The molecule has 0 radical (unpaired) electrons. The molecular formula is C18H28N2OS. The average molecular weight is 321 g/mol. The van der Waals surface area contributed by atoms with Crippen LogP contribution in [-0.2, 0) is 12.8 Å². The molecule has 0 aromatic carbocycles. The van der Waals surface area contributed by atoms with E-state index < -0.39 is 0 Å². The van der Waals surface area contributed by atoms with Crippen LogP contribution >= 0.6 is 11.3 Å². The number of fused-ring (bicyclic) bond motifs is 1. The van der Waals surface area contributed by atoms with E-state index in [0.717, 1.165) is 49.8 Å². The van der Waals surface area contributed by atoms with Gasteiger partial charge in [-0.15, -0.1) is 11.3 Å². The number of hydrogen-bond donors (Lipinski definition) is 0. The van der Waals surface area contributed by atoms with Crippen LogP contribution in [0.15, 0.2) is 6.07 Å². The van der Waals surface area contributed by atoms with Crippen molar-refractivity contribution in [3.63, 3.8) is 0 Å². The summed E-state index contributed by atoms with van der Waals surface area (Å²) in [5.74, 6) is 0.987. The van der Waals surface area contributed by atoms with Crippen molar-refractivity contribution in [3.05, 3.63) is 21.4 Å². The van der Waals surface area contributed by atoms with E-state index in [9.17, 15) is 4.79 Å². The maximum Gasteiger partial charge on any atom is 0.264 e. The number of rotatable bonds is 1. The van der Waals surface area contributed by atoms with Gasteiger partial charge in [0.2, 0.25) is 0 Å². The molecule has 22 heavy (non-hydrogen) atoms. The van der Waals surface area contributed by atoms with Gasteiger partial charge in [-0.2, -0.15) is 0 Å². The van der Waals surface area contributed by atoms with E-state index in [2.05, 4.69) is 38.8 Å². The van der Waals surface area contributed by atoms with Crippen LogP contribution in [0.4, 0.5) is 0 Å². The van der Waals surface area contributed by atoms with Gasteiger partial charge in [-0.05, 0) is 49.3 Å². The number of thiophene rings is 1. The predicted molar refractivity (Wildman–Crippen MR) is 92.7 cm³/mol. The van der Waals surface area contributed by atoms with Gasteiger partial charge in [0, 0.05) is 31.1 Å². The van der Waals surface area contributed by atoms with Crippen LogP contribution in [0.1, 0.15) is 47.3 Å². The SMILES string of the molecule is CN1CCN(C(=O)c2cc3c(s2)CCC(C(C)(C)C)C3)CC1. The zero-order valence-electron chi connectivity index (χ0n) is 14.3. The number of carbonyl (C=O) groups is 1. The molecule has 1 unspecified atom stereocenters. The number of likely N-dealkylation sites (N-methyl/N-ethyl adjacent to an activating group) is 1. The molecule has 122 valence electrons. The van der Waals surface area contributed by atoms with Crippen LogP contribution < -0.4 is 0 Å². The van der Waals surface area contributed by atoms with Crippen molar-refractivity contribution in [3.8, 4) is 0 Å². The molecule has 3 rings (SSSR count). The Hall–Kier alpha value is -0.870. The zero-order chi connectivity index (χ0) is 15.9. The fraction of sp³-hybridized carbons (Fsp3) is 0.722. The molecule has 0 N–H and O–H groups in total. The molecule has 2 heterocycles. The van der Waals surface area contributed by atoms with Crippen molar-refractivity contribution in [2.45, 2.75) is 40.0 Å². The normalized spacial score (nSPS) is 23.5. The summed E-state index contributed by atoms with van der Waals surface area (Å²) in [5, 5.41) is 0. The summed E-state index contributed by atoms with van der Waals surface area (Å²) in [5.41, 5.74) is 1.80. The first kappa shape index (κ1) is 16.0. The third kappa shape index (κ3) is 3.23. The monoisotopic (exact) mass is 320 g/mol. The molecule has 4 heteroatoms.